The molecular formula is C17H15BrN2O3. The van der Waals surface area contributed by atoms with Gasteiger partial charge in [-0.1, -0.05) is 40.2 Å². The minimum absolute atomic E-state index is 0.00390. The maximum atomic E-state index is 11.9. The number of nitrogens with zero attached hydrogens (tertiary/aromatic N) is 1. The summed E-state index contributed by atoms with van der Waals surface area (Å²) in [6.45, 7) is 1.89. The van der Waals surface area contributed by atoms with Crippen LogP contribution in [0.25, 0.3) is 6.08 Å². The van der Waals surface area contributed by atoms with Crippen molar-refractivity contribution in [2.75, 3.05) is 0 Å². The summed E-state index contributed by atoms with van der Waals surface area (Å²) in [6.07, 6.45) is 2.92. The van der Waals surface area contributed by atoms with Crippen LogP contribution < -0.4 is 5.32 Å². The summed E-state index contributed by atoms with van der Waals surface area (Å²) < 4.78 is 0.977. The summed E-state index contributed by atoms with van der Waals surface area (Å²) >= 11 is 3.37. The number of hydrogen-bond acceptors (Lipinski definition) is 3. The van der Waals surface area contributed by atoms with Crippen molar-refractivity contribution in [3.63, 3.8) is 0 Å². The smallest absolute Gasteiger partial charge is 0.270 e. The molecule has 0 unspecified atom stereocenters. The van der Waals surface area contributed by atoms with Crippen LogP contribution >= 0.6 is 15.9 Å². The average Bonchev–Trinajstić information content (AvgIpc) is 2.53. The third-order valence-corrected chi connectivity index (χ3v) is 3.77. The molecule has 0 fully saturated rings. The molecule has 1 N–H and O–H groups in total. The van der Waals surface area contributed by atoms with Crippen LogP contribution in [0, 0.1) is 10.1 Å². The minimum atomic E-state index is -0.465. The van der Waals surface area contributed by atoms with Crippen molar-refractivity contribution in [2.45, 2.75) is 13.0 Å². The van der Waals surface area contributed by atoms with Gasteiger partial charge in [-0.15, -0.1) is 0 Å². The number of non-ortho nitro benzene ring substituents is 1. The lowest BCUT2D eigenvalue weighted by molar-refractivity contribution is -0.384. The molecule has 0 aromatic heterocycles. The van der Waals surface area contributed by atoms with Gasteiger partial charge in [0.05, 0.1) is 11.0 Å². The lowest BCUT2D eigenvalue weighted by Crippen LogP contribution is -2.24. The first-order valence-electron chi connectivity index (χ1n) is 6.94. The molecule has 0 aliphatic carbocycles. The topological polar surface area (TPSA) is 72.2 Å². The van der Waals surface area contributed by atoms with Gasteiger partial charge in [-0.3, -0.25) is 14.9 Å². The van der Waals surface area contributed by atoms with E-state index in [2.05, 4.69) is 21.2 Å². The fraction of sp³-hybridized carbons (Fsp3) is 0.118. The summed E-state index contributed by atoms with van der Waals surface area (Å²) in [6, 6.07) is 13.7. The molecule has 0 spiro atoms. The number of rotatable bonds is 5. The van der Waals surface area contributed by atoms with Crippen molar-refractivity contribution < 1.29 is 9.72 Å². The van der Waals surface area contributed by atoms with Gasteiger partial charge in [0.1, 0.15) is 0 Å². The normalized spacial score (nSPS) is 12.1. The van der Waals surface area contributed by atoms with Gasteiger partial charge in [0.2, 0.25) is 5.91 Å². The molecule has 23 heavy (non-hydrogen) atoms. The largest absolute Gasteiger partial charge is 0.346 e. The molecule has 0 aliphatic heterocycles. The molecular weight excluding hydrogens is 360 g/mol. The van der Waals surface area contributed by atoms with Gasteiger partial charge in [0, 0.05) is 22.7 Å². The van der Waals surface area contributed by atoms with E-state index in [-0.39, 0.29) is 17.6 Å². The predicted molar refractivity (Wildman–Crippen MR) is 92.8 cm³/mol. The summed E-state index contributed by atoms with van der Waals surface area (Å²) in [7, 11) is 0. The monoisotopic (exact) mass is 374 g/mol. The molecule has 1 atom stereocenters. The van der Waals surface area contributed by atoms with Crippen LogP contribution in [0.1, 0.15) is 24.1 Å². The van der Waals surface area contributed by atoms with E-state index in [1.165, 1.54) is 18.2 Å². The fourth-order valence-corrected chi connectivity index (χ4v) is 2.27. The zero-order valence-electron chi connectivity index (χ0n) is 12.4. The van der Waals surface area contributed by atoms with E-state index in [0.717, 1.165) is 10.0 Å². The van der Waals surface area contributed by atoms with E-state index in [4.69, 9.17) is 0 Å². The maximum absolute atomic E-state index is 11.9. The zero-order valence-corrected chi connectivity index (χ0v) is 14.0. The van der Waals surface area contributed by atoms with Crippen molar-refractivity contribution in [2.24, 2.45) is 0 Å². The Morgan fingerprint density at radius 1 is 1.26 bits per heavy atom. The molecule has 0 bridgehead atoms. The highest BCUT2D eigenvalue weighted by atomic mass is 79.9. The van der Waals surface area contributed by atoms with Crippen LogP contribution in [0.5, 0.6) is 0 Å². The zero-order chi connectivity index (χ0) is 16.8. The average molecular weight is 375 g/mol. The number of benzene rings is 2. The lowest BCUT2D eigenvalue weighted by Gasteiger charge is -2.12. The van der Waals surface area contributed by atoms with Crippen LogP contribution in [0.3, 0.4) is 0 Å². The van der Waals surface area contributed by atoms with Gasteiger partial charge in [-0.2, -0.15) is 0 Å². The molecule has 6 heteroatoms. The molecule has 1 amide bonds. The molecule has 0 radical (unpaired) electrons. The Hall–Kier alpha value is -2.47. The maximum Gasteiger partial charge on any atom is 0.270 e. The van der Waals surface area contributed by atoms with Crippen LogP contribution in [-0.4, -0.2) is 10.8 Å². The standard InChI is InChI=1S/C17H15BrN2O3/c1-12(14-6-8-15(18)9-7-14)19-17(21)10-5-13-3-2-4-16(11-13)20(22)23/h2-12H,1H3,(H,19,21)/b10-5+/t12-/m0/s1. The third kappa shape index (κ3) is 5.03. The molecule has 5 nitrogen and oxygen atoms in total. The number of nitrogens with one attached hydrogen (secondary N) is 1. The SMILES string of the molecule is C[C@H](NC(=O)/C=C/c1cccc([N+](=O)[O-])c1)c1ccc(Br)cc1. The minimum Gasteiger partial charge on any atom is -0.346 e. The number of carbonyl (C=O) groups is 1. The highest BCUT2D eigenvalue weighted by Gasteiger charge is 2.08. The van der Waals surface area contributed by atoms with Gasteiger partial charge >= 0.3 is 0 Å². The Morgan fingerprint density at radius 3 is 2.61 bits per heavy atom. The Labute approximate surface area is 142 Å². The predicted octanol–water partition coefficient (Wildman–Crippen LogP) is 4.25. The highest BCUT2D eigenvalue weighted by molar-refractivity contribution is 9.10. The van der Waals surface area contributed by atoms with Crippen molar-refractivity contribution >= 4 is 33.6 Å². The molecule has 0 aliphatic rings. The molecule has 118 valence electrons. The first-order valence-corrected chi connectivity index (χ1v) is 7.73. The van der Waals surface area contributed by atoms with Crippen LogP contribution in [0.2, 0.25) is 0 Å². The van der Waals surface area contributed by atoms with Crippen LogP contribution in [0.15, 0.2) is 59.1 Å². The summed E-state index contributed by atoms with van der Waals surface area (Å²) in [5.41, 5.74) is 1.59. The van der Waals surface area contributed by atoms with Gasteiger partial charge in [-0.25, -0.2) is 0 Å². The van der Waals surface area contributed by atoms with Crippen molar-refractivity contribution in [3.8, 4) is 0 Å². The quantitative estimate of drug-likeness (QED) is 0.483. The summed E-state index contributed by atoms with van der Waals surface area (Å²) in [5, 5.41) is 13.6. The summed E-state index contributed by atoms with van der Waals surface area (Å²) in [5.74, 6) is -0.257. The fourth-order valence-electron chi connectivity index (χ4n) is 2.01. The molecule has 0 saturated carbocycles. The Kier molecular flexibility index (Phi) is 5.65. The van der Waals surface area contributed by atoms with Crippen LogP contribution in [-0.2, 0) is 4.79 Å². The first kappa shape index (κ1) is 16.9. The van der Waals surface area contributed by atoms with E-state index >= 15 is 0 Å². The Bertz CT molecular complexity index is 742. The number of hydrogen-bond donors (Lipinski definition) is 1. The van der Waals surface area contributed by atoms with E-state index < -0.39 is 4.92 Å². The molecule has 2 aromatic rings. The van der Waals surface area contributed by atoms with Crippen molar-refractivity contribution in [1.82, 2.24) is 5.32 Å². The summed E-state index contributed by atoms with van der Waals surface area (Å²) in [4.78, 5) is 22.2. The van der Waals surface area contributed by atoms with E-state index in [9.17, 15) is 14.9 Å². The second-order valence-electron chi connectivity index (χ2n) is 4.97. The van der Waals surface area contributed by atoms with Crippen molar-refractivity contribution in [1.29, 1.82) is 0 Å². The van der Waals surface area contributed by atoms with E-state index in [1.54, 1.807) is 18.2 Å². The Morgan fingerprint density at radius 2 is 1.96 bits per heavy atom. The van der Waals surface area contributed by atoms with E-state index in [0.29, 0.717) is 5.56 Å². The number of carbonyl (C=O) groups excluding carboxylic acids is 1. The van der Waals surface area contributed by atoms with Gasteiger partial charge in [0.15, 0.2) is 0 Å². The van der Waals surface area contributed by atoms with E-state index in [1.807, 2.05) is 31.2 Å². The number of nitro groups is 1. The van der Waals surface area contributed by atoms with Gasteiger partial charge < -0.3 is 5.32 Å². The Balaban J connectivity index is 2.00. The van der Waals surface area contributed by atoms with Crippen molar-refractivity contribution in [3.05, 3.63) is 80.3 Å². The van der Waals surface area contributed by atoms with Gasteiger partial charge in [0.25, 0.3) is 5.69 Å². The number of halogens is 1. The molecule has 2 aromatic carbocycles. The van der Waals surface area contributed by atoms with Crippen LogP contribution in [0.4, 0.5) is 5.69 Å². The number of nitro benzene ring substituents is 1. The van der Waals surface area contributed by atoms with Gasteiger partial charge in [-0.05, 0) is 36.3 Å². The highest BCUT2D eigenvalue weighted by Crippen LogP contribution is 2.17. The second kappa shape index (κ2) is 7.69. The molecule has 0 saturated heterocycles. The number of amides is 1. The molecule has 2 rings (SSSR count). The third-order valence-electron chi connectivity index (χ3n) is 3.24. The second-order valence-corrected chi connectivity index (χ2v) is 5.88. The lowest BCUT2D eigenvalue weighted by atomic mass is 10.1. The first-order chi connectivity index (χ1) is 11.0. The molecule has 0 heterocycles.